The topological polar surface area (TPSA) is 32.8 Å². The minimum absolute atomic E-state index is 0.287. The maximum Gasteiger partial charge on any atom is 0.222 e. The number of carbonyl (C=O) groups excluding carboxylic acids is 1. The molecule has 4 heteroatoms. The van der Waals surface area contributed by atoms with Gasteiger partial charge in [-0.15, -0.1) is 0 Å². The minimum atomic E-state index is 0.287. The first-order valence-electron chi connectivity index (χ1n) is 7.88. The highest BCUT2D eigenvalue weighted by Crippen LogP contribution is 2.21. The van der Waals surface area contributed by atoms with E-state index < -0.39 is 0 Å². The van der Waals surface area contributed by atoms with E-state index in [0.29, 0.717) is 18.6 Å². The SMILES string of the molecule is CCC(=O)N1CCC(OC2CCN(CC)CC2)CC1. The average Bonchev–Trinajstić information content (AvgIpc) is 2.48. The summed E-state index contributed by atoms with van der Waals surface area (Å²) in [6.45, 7) is 9.43. The zero-order valence-corrected chi connectivity index (χ0v) is 12.4. The highest BCUT2D eigenvalue weighted by atomic mass is 16.5. The molecular weight excluding hydrogens is 240 g/mol. The molecule has 0 unspecified atom stereocenters. The van der Waals surface area contributed by atoms with Crippen molar-refractivity contribution in [2.45, 2.75) is 58.2 Å². The van der Waals surface area contributed by atoms with Crippen LogP contribution in [0.1, 0.15) is 46.0 Å². The normalized spacial score (nSPS) is 23.8. The second kappa shape index (κ2) is 7.25. The van der Waals surface area contributed by atoms with Gasteiger partial charge in [-0.05, 0) is 32.2 Å². The molecule has 0 bridgehead atoms. The van der Waals surface area contributed by atoms with Crippen LogP contribution < -0.4 is 0 Å². The molecule has 4 nitrogen and oxygen atoms in total. The van der Waals surface area contributed by atoms with Gasteiger partial charge in [0.2, 0.25) is 5.91 Å². The summed E-state index contributed by atoms with van der Waals surface area (Å²) in [5.74, 6) is 0.287. The third-order valence-corrected chi connectivity index (χ3v) is 4.46. The average molecular weight is 268 g/mol. The highest BCUT2D eigenvalue weighted by Gasteiger charge is 2.26. The third-order valence-electron chi connectivity index (χ3n) is 4.46. The molecule has 0 atom stereocenters. The van der Waals surface area contributed by atoms with Gasteiger partial charge in [-0.1, -0.05) is 13.8 Å². The molecule has 2 aliphatic rings. The van der Waals surface area contributed by atoms with E-state index in [4.69, 9.17) is 4.74 Å². The second-order valence-electron chi connectivity index (χ2n) is 5.70. The van der Waals surface area contributed by atoms with Crippen molar-refractivity contribution in [3.63, 3.8) is 0 Å². The molecule has 19 heavy (non-hydrogen) atoms. The van der Waals surface area contributed by atoms with Gasteiger partial charge < -0.3 is 14.5 Å². The maximum atomic E-state index is 11.6. The molecule has 2 heterocycles. The predicted molar refractivity (Wildman–Crippen MR) is 76.1 cm³/mol. The van der Waals surface area contributed by atoms with Gasteiger partial charge in [-0.2, -0.15) is 0 Å². The lowest BCUT2D eigenvalue weighted by Crippen LogP contribution is -2.43. The van der Waals surface area contributed by atoms with Crippen molar-refractivity contribution in [3.05, 3.63) is 0 Å². The second-order valence-corrected chi connectivity index (χ2v) is 5.70. The summed E-state index contributed by atoms with van der Waals surface area (Å²) >= 11 is 0. The van der Waals surface area contributed by atoms with Crippen LogP contribution >= 0.6 is 0 Å². The zero-order valence-electron chi connectivity index (χ0n) is 12.4. The van der Waals surface area contributed by atoms with Gasteiger partial charge in [0.1, 0.15) is 0 Å². The highest BCUT2D eigenvalue weighted by molar-refractivity contribution is 5.75. The van der Waals surface area contributed by atoms with Crippen molar-refractivity contribution in [2.24, 2.45) is 0 Å². The molecular formula is C15H28N2O2. The summed E-state index contributed by atoms with van der Waals surface area (Å²) in [5.41, 5.74) is 0. The van der Waals surface area contributed by atoms with Crippen molar-refractivity contribution >= 4 is 5.91 Å². The van der Waals surface area contributed by atoms with Crippen LogP contribution in [0.3, 0.4) is 0 Å². The molecule has 0 N–H and O–H groups in total. The standard InChI is InChI=1S/C15H28N2O2/c1-3-15(18)17-11-7-14(8-12-17)19-13-5-9-16(4-2)10-6-13/h13-14H,3-12H2,1-2H3. The minimum Gasteiger partial charge on any atom is -0.375 e. The zero-order chi connectivity index (χ0) is 13.7. The Morgan fingerprint density at radius 1 is 1.00 bits per heavy atom. The van der Waals surface area contributed by atoms with Crippen molar-refractivity contribution in [1.82, 2.24) is 9.80 Å². The van der Waals surface area contributed by atoms with Gasteiger partial charge >= 0.3 is 0 Å². The van der Waals surface area contributed by atoms with Gasteiger partial charge in [0.25, 0.3) is 0 Å². The van der Waals surface area contributed by atoms with Crippen molar-refractivity contribution in [3.8, 4) is 0 Å². The Morgan fingerprint density at radius 3 is 2.00 bits per heavy atom. The number of hydrogen-bond acceptors (Lipinski definition) is 3. The summed E-state index contributed by atoms with van der Waals surface area (Å²) in [6.07, 6.45) is 5.81. The molecule has 0 aromatic carbocycles. The van der Waals surface area contributed by atoms with Crippen molar-refractivity contribution in [1.29, 1.82) is 0 Å². The van der Waals surface area contributed by atoms with E-state index in [1.807, 2.05) is 11.8 Å². The number of piperidine rings is 2. The molecule has 2 fully saturated rings. The van der Waals surface area contributed by atoms with Crippen molar-refractivity contribution < 1.29 is 9.53 Å². The first-order chi connectivity index (χ1) is 9.22. The van der Waals surface area contributed by atoms with E-state index >= 15 is 0 Å². The number of nitrogens with zero attached hydrogens (tertiary/aromatic N) is 2. The van der Waals surface area contributed by atoms with Gasteiger partial charge in [-0.25, -0.2) is 0 Å². The number of rotatable bonds is 4. The quantitative estimate of drug-likeness (QED) is 0.780. The Bertz CT molecular complexity index is 280. The molecule has 0 aromatic rings. The molecule has 2 aliphatic heterocycles. The Labute approximate surface area is 117 Å². The van der Waals surface area contributed by atoms with Gasteiger partial charge in [-0.3, -0.25) is 4.79 Å². The van der Waals surface area contributed by atoms with Crippen LogP contribution in [0.25, 0.3) is 0 Å². The number of ether oxygens (including phenoxy) is 1. The fourth-order valence-electron chi connectivity index (χ4n) is 3.10. The van der Waals surface area contributed by atoms with E-state index in [1.54, 1.807) is 0 Å². The van der Waals surface area contributed by atoms with Crippen LogP contribution in [-0.2, 0) is 9.53 Å². The Hall–Kier alpha value is -0.610. The van der Waals surface area contributed by atoms with Crippen LogP contribution in [0.4, 0.5) is 0 Å². The van der Waals surface area contributed by atoms with E-state index in [9.17, 15) is 4.79 Å². The van der Waals surface area contributed by atoms with Crippen LogP contribution in [0, 0.1) is 0 Å². The maximum absolute atomic E-state index is 11.6. The first-order valence-corrected chi connectivity index (χ1v) is 7.88. The smallest absolute Gasteiger partial charge is 0.222 e. The number of carbonyl (C=O) groups is 1. The lowest BCUT2D eigenvalue weighted by atomic mass is 10.0. The largest absolute Gasteiger partial charge is 0.375 e. The van der Waals surface area contributed by atoms with Crippen LogP contribution in [-0.4, -0.2) is 60.6 Å². The van der Waals surface area contributed by atoms with Gasteiger partial charge in [0.05, 0.1) is 12.2 Å². The van der Waals surface area contributed by atoms with Crippen molar-refractivity contribution in [2.75, 3.05) is 32.7 Å². The molecule has 0 radical (unpaired) electrons. The van der Waals surface area contributed by atoms with E-state index in [2.05, 4.69) is 11.8 Å². The van der Waals surface area contributed by atoms with Gasteiger partial charge in [0.15, 0.2) is 0 Å². The number of amides is 1. The summed E-state index contributed by atoms with van der Waals surface area (Å²) in [4.78, 5) is 16.1. The molecule has 0 aliphatic carbocycles. The molecule has 110 valence electrons. The Balaban J connectivity index is 1.67. The van der Waals surface area contributed by atoms with Crippen LogP contribution in [0.2, 0.25) is 0 Å². The monoisotopic (exact) mass is 268 g/mol. The molecule has 0 aromatic heterocycles. The lowest BCUT2D eigenvalue weighted by molar-refractivity contribution is -0.134. The summed E-state index contributed by atoms with van der Waals surface area (Å²) in [6, 6.07) is 0. The Kier molecular flexibility index (Phi) is 5.64. The molecule has 0 spiro atoms. The van der Waals surface area contributed by atoms with Gasteiger partial charge in [0, 0.05) is 32.6 Å². The fraction of sp³-hybridized carbons (Fsp3) is 0.933. The summed E-state index contributed by atoms with van der Waals surface area (Å²) in [5, 5.41) is 0. The third kappa shape index (κ3) is 4.18. The Morgan fingerprint density at radius 2 is 1.53 bits per heavy atom. The van der Waals surface area contributed by atoms with Crippen LogP contribution in [0.5, 0.6) is 0 Å². The molecule has 1 amide bonds. The molecule has 0 saturated carbocycles. The number of hydrogen-bond donors (Lipinski definition) is 0. The molecule has 2 saturated heterocycles. The number of likely N-dealkylation sites (tertiary alicyclic amines) is 2. The molecule has 2 rings (SSSR count). The summed E-state index contributed by atoms with van der Waals surface area (Å²) < 4.78 is 6.22. The predicted octanol–water partition coefficient (Wildman–Crippen LogP) is 1.89. The van der Waals surface area contributed by atoms with E-state index in [-0.39, 0.29) is 5.91 Å². The first kappa shape index (κ1) is 14.8. The van der Waals surface area contributed by atoms with E-state index in [0.717, 1.165) is 32.5 Å². The fourth-order valence-corrected chi connectivity index (χ4v) is 3.10. The summed E-state index contributed by atoms with van der Waals surface area (Å²) in [7, 11) is 0. The van der Waals surface area contributed by atoms with Crippen LogP contribution in [0.15, 0.2) is 0 Å². The lowest BCUT2D eigenvalue weighted by Gasteiger charge is -2.36. The van der Waals surface area contributed by atoms with E-state index in [1.165, 1.54) is 25.9 Å².